The van der Waals surface area contributed by atoms with E-state index in [4.69, 9.17) is 0 Å². The van der Waals surface area contributed by atoms with Crippen molar-refractivity contribution in [3.05, 3.63) is 47.5 Å². The van der Waals surface area contributed by atoms with Gasteiger partial charge in [0, 0.05) is 12.0 Å². The van der Waals surface area contributed by atoms with Crippen molar-refractivity contribution in [1.82, 2.24) is 10.4 Å². The highest BCUT2D eigenvalue weighted by molar-refractivity contribution is 5.86. The summed E-state index contributed by atoms with van der Waals surface area (Å²) in [6.07, 6.45) is 0.511. The molecule has 3 rings (SSSR count). The summed E-state index contributed by atoms with van der Waals surface area (Å²) >= 11 is 0. The molecule has 1 atom stereocenters. The molecule has 1 amide bonds. The molecule has 0 saturated carbocycles. The molecule has 0 radical (unpaired) electrons. The number of fused-ring (bicyclic) bond motifs is 1. The third kappa shape index (κ3) is 4.74. The third-order valence-corrected chi connectivity index (χ3v) is 5.64. The number of hydrogen-bond donors (Lipinski definition) is 1. The molecule has 2 aromatic carbocycles. The topological polar surface area (TPSA) is 32.3 Å². The van der Waals surface area contributed by atoms with Gasteiger partial charge in [-0.1, -0.05) is 56.5 Å². The normalized spacial score (nSPS) is 18.2. The average Bonchev–Trinajstić information content (AvgIpc) is 2.89. The molecule has 1 N–H and O–H groups in total. The van der Waals surface area contributed by atoms with Crippen LogP contribution in [0.4, 0.5) is 13.2 Å². The minimum Gasteiger partial charge on any atom is -0.287 e. The molecule has 0 unspecified atom stereocenters. The van der Waals surface area contributed by atoms with Crippen LogP contribution >= 0.6 is 0 Å². The summed E-state index contributed by atoms with van der Waals surface area (Å²) in [7, 11) is 0. The Balaban J connectivity index is 2.06. The fourth-order valence-electron chi connectivity index (χ4n) is 4.22. The van der Waals surface area contributed by atoms with Crippen LogP contribution in [0.25, 0.3) is 10.8 Å². The maximum absolute atomic E-state index is 14.2. The van der Waals surface area contributed by atoms with Crippen LogP contribution in [0.1, 0.15) is 70.0 Å². The van der Waals surface area contributed by atoms with Gasteiger partial charge in [0.05, 0.1) is 0 Å². The predicted molar refractivity (Wildman–Crippen MR) is 109 cm³/mol. The number of benzene rings is 2. The van der Waals surface area contributed by atoms with Gasteiger partial charge in [-0.2, -0.15) is 18.2 Å². The zero-order valence-corrected chi connectivity index (χ0v) is 17.3. The monoisotopic (exact) mass is 406 g/mol. The molecule has 29 heavy (non-hydrogen) atoms. The third-order valence-electron chi connectivity index (χ3n) is 5.64. The van der Waals surface area contributed by atoms with E-state index in [1.165, 1.54) is 0 Å². The second-order valence-corrected chi connectivity index (χ2v) is 8.55. The van der Waals surface area contributed by atoms with Crippen LogP contribution < -0.4 is 5.43 Å². The number of aryl methyl sites for hydroxylation is 1. The number of alkyl halides is 3. The molecule has 1 aliphatic heterocycles. The molecule has 0 aliphatic carbocycles. The molecule has 0 aromatic heterocycles. The van der Waals surface area contributed by atoms with Crippen LogP contribution in [0.2, 0.25) is 0 Å². The van der Waals surface area contributed by atoms with E-state index in [0.717, 1.165) is 53.4 Å². The lowest BCUT2D eigenvalue weighted by atomic mass is 9.92. The first kappa shape index (κ1) is 21.6. The number of nitrogens with zero attached hydrogens (tertiary/aromatic N) is 1. The first-order valence-electron chi connectivity index (χ1n) is 10.3. The summed E-state index contributed by atoms with van der Waals surface area (Å²) in [5.41, 5.74) is 2.64. The smallest absolute Gasteiger partial charge is 0.287 e. The van der Waals surface area contributed by atoms with E-state index in [1.54, 1.807) is 26.0 Å². The number of unbranched alkanes of at least 4 members (excludes halogenated alkanes) is 3. The number of rotatable bonds is 7. The van der Waals surface area contributed by atoms with E-state index < -0.39 is 17.8 Å². The number of carbonyl (C=O) groups excluding carboxylic acids is 1. The van der Waals surface area contributed by atoms with E-state index in [9.17, 15) is 18.0 Å². The fourth-order valence-corrected chi connectivity index (χ4v) is 4.22. The number of amides is 1. The standard InChI is InChI=1S/C23H29F3N2O/c1-4-5-6-7-10-16-13-18(14-17-11-8-9-12-19(16)17)21(23(24,25)26)28-22(2,3)15-20(29)27-28/h8-9,11-14,21H,4-7,10,15H2,1-3H3,(H,27,29)/t21-/m0/s1. The summed E-state index contributed by atoms with van der Waals surface area (Å²) in [5, 5.41) is 2.88. The lowest BCUT2D eigenvalue weighted by molar-refractivity contribution is -0.203. The van der Waals surface area contributed by atoms with Crippen LogP contribution in [0.3, 0.4) is 0 Å². The van der Waals surface area contributed by atoms with Crippen LogP contribution in [0.5, 0.6) is 0 Å². The van der Waals surface area contributed by atoms with Gasteiger partial charge in [-0.3, -0.25) is 10.2 Å². The maximum Gasteiger partial charge on any atom is 0.409 e. The van der Waals surface area contributed by atoms with Crippen molar-refractivity contribution in [3.63, 3.8) is 0 Å². The van der Waals surface area contributed by atoms with E-state index in [2.05, 4.69) is 12.3 Å². The highest BCUT2D eigenvalue weighted by Gasteiger charge is 2.53. The zero-order valence-electron chi connectivity index (χ0n) is 17.3. The molecule has 1 saturated heterocycles. The Hall–Kier alpha value is -2.08. The van der Waals surface area contributed by atoms with E-state index in [1.807, 2.05) is 24.3 Å². The van der Waals surface area contributed by atoms with Gasteiger partial charge in [0.15, 0.2) is 6.04 Å². The quantitative estimate of drug-likeness (QED) is 0.565. The van der Waals surface area contributed by atoms with Crippen molar-refractivity contribution in [2.45, 2.75) is 77.1 Å². The summed E-state index contributed by atoms with van der Waals surface area (Å²) in [6.45, 7) is 5.46. The van der Waals surface area contributed by atoms with Crippen LogP contribution in [-0.4, -0.2) is 22.6 Å². The Morgan fingerprint density at radius 3 is 2.48 bits per heavy atom. The number of hydrogen-bond acceptors (Lipinski definition) is 2. The minimum absolute atomic E-state index is 0.0387. The van der Waals surface area contributed by atoms with Gasteiger partial charge in [0.2, 0.25) is 5.91 Å². The van der Waals surface area contributed by atoms with Crippen LogP contribution in [0.15, 0.2) is 36.4 Å². The Morgan fingerprint density at radius 2 is 1.86 bits per heavy atom. The van der Waals surface area contributed by atoms with Gasteiger partial charge in [-0.25, -0.2) is 0 Å². The number of nitrogens with one attached hydrogen (secondary N) is 1. The SMILES string of the molecule is CCCCCCc1cc([C@H](N2NC(=O)CC2(C)C)C(F)(F)F)cc2ccccc12. The highest BCUT2D eigenvalue weighted by Crippen LogP contribution is 2.43. The van der Waals surface area contributed by atoms with Crippen LogP contribution in [-0.2, 0) is 11.2 Å². The molecule has 3 nitrogen and oxygen atoms in total. The van der Waals surface area contributed by atoms with Crippen molar-refractivity contribution < 1.29 is 18.0 Å². The van der Waals surface area contributed by atoms with E-state index in [0.29, 0.717) is 0 Å². The molecule has 1 aliphatic rings. The van der Waals surface area contributed by atoms with Gasteiger partial charge in [0.1, 0.15) is 0 Å². The zero-order chi connectivity index (χ0) is 21.2. The molecule has 2 aromatic rings. The fraction of sp³-hybridized carbons (Fsp3) is 0.522. The summed E-state index contributed by atoms with van der Waals surface area (Å²) in [6, 6.07) is 9.01. The first-order valence-corrected chi connectivity index (χ1v) is 10.3. The Bertz CT molecular complexity index is 876. The van der Waals surface area contributed by atoms with Gasteiger partial charge in [-0.15, -0.1) is 0 Å². The first-order chi connectivity index (χ1) is 13.6. The molecule has 158 valence electrons. The molecule has 6 heteroatoms. The van der Waals surface area contributed by atoms with Crippen molar-refractivity contribution in [1.29, 1.82) is 0 Å². The highest BCUT2D eigenvalue weighted by atomic mass is 19.4. The average molecular weight is 406 g/mol. The minimum atomic E-state index is -4.52. The summed E-state index contributed by atoms with van der Waals surface area (Å²) in [5.74, 6) is -0.384. The lowest BCUT2D eigenvalue weighted by Crippen LogP contribution is -2.51. The Morgan fingerprint density at radius 1 is 1.14 bits per heavy atom. The number of hydrazine groups is 1. The van der Waals surface area contributed by atoms with Crippen molar-refractivity contribution in [3.8, 4) is 0 Å². The molecular weight excluding hydrogens is 377 g/mol. The second kappa shape index (κ2) is 8.34. The lowest BCUT2D eigenvalue weighted by Gasteiger charge is -2.38. The number of carbonyl (C=O) groups is 1. The van der Waals surface area contributed by atoms with Gasteiger partial charge < -0.3 is 0 Å². The largest absolute Gasteiger partial charge is 0.409 e. The number of halogens is 3. The predicted octanol–water partition coefficient (Wildman–Crippen LogP) is 6.08. The van der Waals surface area contributed by atoms with E-state index >= 15 is 0 Å². The Kier molecular flexibility index (Phi) is 6.22. The molecule has 1 fully saturated rings. The molecule has 1 heterocycles. The maximum atomic E-state index is 14.2. The van der Waals surface area contributed by atoms with Gasteiger partial charge >= 0.3 is 6.18 Å². The molecule has 0 bridgehead atoms. The Labute approximate surface area is 170 Å². The van der Waals surface area contributed by atoms with Gasteiger partial charge in [0.25, 0.3) is 0 Å². The van der Waals surface area contributed by atoms with Crippen molar-refractivity contribution in [2.75, 3.05) is 0 Å². The summed E-state index contributed by atoms with van der Waals surface area (Å²) < 4.78 is 42.7. The second-order valence-electron chi connectivity index (χ2n) is 8.55. The van der Waals surface area contributed by atoms with Crippen molar-refractivity contribution in [2.24, 2.45) is 0 Å². The van der Waals surface area contributed by atoms with Gasteiger partial charge in [-0.05, 0) is 54.7 Å². The van der Waals surface area contributed by atoms with E-state index in [-0.39, 0.29) is 17.9 Å². The van der Waals surface area contributed by atoms with Crippen molar-refractivity contribution >= 4 is 16.7 Å². The molecular formula is C23H29F3N2O. The van der Waals surface area contributed by atoms with Crippen LogP contribution in [0, 0.1) is 0 Å². The molecule has 0 spiro atoms. The summed E-state index contributed by atoms with van der Waals surface area (Å²) in [4.78, 5) is 11.9.